The van der Waals surface area contributed by atoms with Gasteiger partial charge in [-0.2, -0.15) is 0 Å². The van der Waals surface area contributed by atoms with Crippen LogP contribution in [0, 0.1) is 25.5 Å². The molecule has 0 radical (unpaired) electrons. The minimum Gasteiger partial charge on any atom is -0.457 e. The minimum atomic E-state index is -0.993. The largest absolute Gasteiger partial charge is 0.457 e. The number of rotatable bonds is 3. The summed E-state index contributed by atoms with van der Waals surface area (Å²) in [4.78, 5) is 11.8. The molecule has 0 saturated heterocycles. The van der Waals surface area contributed by atoms with E-state index in [0.717, 1.165) is 22.8 Å². The number of benzene rings is 2. The summed E-state index contributed by atoms with van der Waals surface area (Å²) in [6.07, 6.45) is 0. The van der Waals surface area contributed by atoms with E-state index in [-0.39, 0.29) is 17.9 Å². The van der Waals surface area contributed by atoms with Crippen molar-refractivity contribution in [1.82, 2.24) is 0 Å². The lowest BCUT2D eigenvalue weighted by Gasteiger charge is -2.08. The van der Waals surface area contributed by atoms with Crippen molar-refractivity contribution in [3.8, 4) is 0 Å². The Morgan fingerprint density at radius 2 is 1.67 bits per heavy atom. The fourth-order valence-electron chi connectivity index (χ4n) is 2.10. The second-order valence-corrected chi connectivity index (χ2v) is 4.93. The summed E-state index contributed by atoms with van der Waals surface area (Å²) in [6, 6.07) is 7.24. The van der Waals surface area contributed by atoms with E-state index in [1.165, 1.54) is 0 Å². The average Bonchev–Trinajstić information content (AvgIpc) is 2.39. The zero-order valence-electron chi connectivity index (χ0n) is 11.7. The van der Waals surface area contributed by atoms with Gasteiger partial charge in [0.25, 0.3) is 0 Å². The van der Waals surface area contributed by atoms with Gasteiger partial charge in [-0.15, -0.1) is 0 Å². The van der Waals surface area contributed by atoms with E-state index in [1.807, 2.05) is 32.0 Å². The first-order valence-electron chi connectivity index (χ1n) is 6.35. The molecule has 0 bridgehead atoms. The van der Waals surface area contributed by atoms with Gasteiger partial charge in [0.2, 0.25) is 0 Å². The maximum atomic E-state index is 13.5. The van der Waals surface area contributed by atoms with Crippen LogP contribution in [0.15, 0.2) is 30.3 Å². The highest BCUT2D eigenvalue weighted by Crippen LogP contribution is 2.18. The lowest BCUT2D eigenvalue weighted by atomic mass is 10.1. The van der Waals surface area contributed by atoms with Crippen LogP contribution in [-0.4, -0.2) is 5.97 Å². The van der Waals surface area contributed by atoms with Crippen LogP contribution in [0.1, 0.15) is 27.0 Å². The zero-order valence-corrected chi connectivity index (χ0v) is 11.7. The van der Waals surface area contributed by atoms with E-state index in [4.69, 9.17) is 10.5 Å². The second kappa shape index (κ2) is 5.91. The molecule has 3 nitrogen and oxygen atoms in total. The molecular formula is C16H15F2NO2. The summed E-state index contributed by atoms with van der Waals surface area (Å²) in [6.45, 7) is 3.87. The lowest BCUT2D eigenvalue weighted by molar-refractivity contribution is 0.0467. The first-order valence-corrected chi connectivity index (χ1v) is 6.35. The number of ether oxygens (including phenoxy) is 1. The zero-order chi connectivity index (χ0) is 15.6. The molecule has 2 rings (SSSR count). The predicted octanol–water partition coefficient (Wildman–Crippen LogP) is 3.52. The van der Waals surface area contributed by atoms with Crippen molar-refractivity contribution in [2.24, 2.45) is 0 Å². The highest BCUT2D eigenvalue weighted by Gasteiger charge is 2.16. The van der Waals surface area contributed by atoms with Crippen LogP contribution >= 0.6 is 0 Å². The summed E-state index contributed by atoms with van der Waals surface area (Å²) >= 11 is 0. The number of aryl methyl sites for hydroxylation is 2. The van der Waals surface area contributed by atoms with Crippen molar-refractivity contribution >= 4 is 11.7 Å². The van der Waals surface area contributed by atoms with Crippen LogP contribution in [0.2, 0.25) is 0 Å². The molecule has 0 saturated carbocycles. The van der Waals surface area contributed by atoms with E-state index < -0.39 is 17.6 Å². The number of hydrogen-bond donors (Lipinski definition) is 1. The van der Waals surface area contributed by atoms with Crippen molar-refractivity contribution in [3.63, 3.8) is 0 Å². The summed E-state index contributed by atoms with van der Waals surface area (Å²) in [7, 11) is 0. The van der Waals surface area contributed by atoms with Gasteiger partial charge in [0.05, 0.1) is 11.3 Å². The summed E-state index contributed by atoms with van der Waals surface area (Å²) in [5, 5.41) is 0. The van der Waals surface area contributed by atoms with Gasteiger partial charge < -0.3 is 10.5 Å². The molecule has 0 heterocycles. The molecule has 0 aliphatic carbocycles. The molecule has 0 unspecified atom stereocenters. The molecule has 110 valence electrons. The monoisotopic (exact) mass is 291 g/mol. The number of esters is 1. The van der Waals surface area contributed by atoms with E-state index in [1.54, 1.807) is 0 Å². The van der Waals surface area contributed by atoms with Crippen molar-refractivity contribution in [3.05, 3.63) is 64.2 Å². The second-order valence-electron chi connectivity index (χ2n) is 4.93. The van der Waals surface area contributed by atoms with Gasteiger partial charge in [-0.1, -0.05) is 29.3 Å². The molecule has 0 atom stereocenters. The van der Waals surface area contributed by atoms with Gasteiger partial charge in [-0.3, -0.25) is 0 Å². The Morgan fingerprint density at radius 3 is 2.29 bits per heavy atom. The molecule has 0 aliphatic heterocycles. The normalized spacial score (nSPS) is 10.5. The summed E-state index contributed by atoms with van der Waals surface area (Å²) in [5.74, 6) is -2.77. The highest BCUT2D eigenvalue weighted by atomic mass is 19.1. The van der Waals surface area contributed by atoms with E-state index in [0.29, 0.717) is 6.07 Å². The van der Waals surface area contributed by atoms with Gasteiger partial charge >= 0.3 is 5.97 Å². The van der Waals surface area contributed by atoms with Crippen LogP contribution < -0.4 is 5.73 Å². The van der Waals surface area contributed by atoms with E-state index in [9.17, 15) is 13.6 Å². The number of anilines is 1. The first-order chi connectivity index (χ1) is 9.86. The van der Waals surface area contributed by atoms with E-state index in [2.05, 4.69) is 0 Å². The summed E-state index contributed by atoms with van der Waals surface area (Å²) in [5.41, 5.74) is 7.53. The fourth-order valence-corrected chi connectivity index (χ4v) is 2.10. The molecule has 21 heavy (non-hydrogen) atoms. The van der Waals surface area contributed by atoms with E-state index >= 15 is 0 Å². The average molecular weight is 291 g/mol. The third-order valence-electron chi connectivity index (χ3n) is 2.96. The Balaban J connectivity index is 2.13. The van der Waals surface area contributed by atoms with Crippen LogP contribution in [0.3, 0.4) is 0 Å². The molecule has 0 spiro atoms. The fraction of sp³-hybridized carbons (Fsp3) is 0.188. The maximum absolute atomic E-state index is 13.5. The molecule has 0 fully saturated rings. The van der Waals surface area contributed by atoms with Crippen molar-refractivity contribution in [2.45, 2.75) is 20.5 Å². The predicted molar refractivity (Wildman–Crippen MR) is 75.8 cm³/mol. The standard InChI is InChI=1S/C16H15F2NO2/c1-9-3-10(2)5-11(4-9)8-21-16(20)12-6-15(19)14(18)7-13(12)17/h3-7H,8,19H2,1-2H3. The highest BCUT2D eigenvalue weighted by molar-refractivity contribution is 5.90. The Bertz CT molecular complexity index is 679. The van der Waals surface area contributed by atoms with Crippen LogP contribution in [0.25, 0.3) is 0 Å². The van der Waals surface area contributed by atoms with Gasteiger partial charge in [0.1, 0.15) is 18.2 Å². The lowest BCUT2D eigenvalue weighted by Crippen LogP contribution is -2.09. The molecule has 2 aromatic carbocycles. The maximum Gasteiger partial charge on any atom is 0.341 e. The molecule has 5 heteroatoms. The molecular weight excluding hydrogens is 276 g/mol. The topological polar surface area (TPSA) is 52.3 Å². The molecule has 0 aromatic heterocycles. The quantitative estimate of drug-likeness (QED) is 0.695. The van der Waals surface area contributed by atoms with Gasteiger partial charge in [0.15, 0.2) is 0 Å². The third kappa shape index (κ3) is 3.56. The van der Waals surface area contributed by atoms with Crippen LogP contribution in [-0.2, 0) is 11.3 Å². The Kier molecular flexibility index (Phi) is 4.21. The smallest absolute Gasteiger partial charge is 0.341 e. The molecule has 2 aromatic rings. The number of carbonyl (C=O) groups is 1. The van der Waals surface area contributed by atoms with Gasteiger partial charge in [-0.05, 0) is 25.5 Å². The molecule has 0 amide bonds. The Morgan fingerprint density at radius 1 is 1.05 bits per heavy atom. The number of nitrogen functional groups attached to an aromatic ring is 1. The van der Waals surface area contributed by atoms with Crippen molar-refractivity contribution in [2.75, 3.05) is 5.73 Å². The number of hydrogen-bond acceptors (Lipinski definition) is 3. The van der Waals surface area contributed by atoms with Crippen molar-refractivity contribution < 1.29 is 18.3 Å². The SMILES string of the molecule is Cc1cc(C)cc(COC(=O)c2cc(N)c(F)cc2F)c1. The Labute approximate surface area is 121 Å². The first kappa shape index (κ1) is 15.0. The molecule has 0 aliphatic rings. The number of halogens is 2. The minimum absolute atomic E-state index is 0.0120. The van der Waals surface area contributed by atoms with Crippen LogP contribution in [0.5, 0.6) is 0 Å². The summed E-state index contributed by atoms with van der Waals surface area (Å²) < 4.78 is 31.6. The van der Waals surface area contributed by atoms with Crippen molar-refractivity contribution in [1.29, 1.82) is 0 Å². The number of nitrogens with two attached hydrogens (primary N) is 1. The van der Waals surface area contributed by atoms with Gasteiger partial charge in [-0.25, -0.2) is 13.6 Å². The number of carbonyl (C=O) groups excluding carboxylic acids is 1. The molecule has 2 N–H and O–H groups in total. The third-order valence-corrected chi connectivity index (χ3v) is 2.96. The van der Waals surface area contributed by atoms with Gasteiger partial charge in [0, 0.05) is 6.07 Å². The van der Waals surface area contributed by atoms with Crippen LogP contribution in [0.4, 0.5) is 14.5 Å². The Hall–Kier alpha value is -2.43.